The van der Waals surface area contributed by atoms with Crippen LogP contribution in [0.25, 0.3) is 0 Å². The van der Waals surface area contributed by atoms with Gasteiger partial charge in [-0.1, -0.05) is 47.6 Å². The van der Waals surface area contributed by atoms with Crippen molar-refractivity contribution in [2.45, 2.75) is 26.3 Å². The molecule has 0 aliphatic carbocycles. The van der Waals surface area contributed by atoms with E-state index in [1.807, 2.05) is 14.1 Å². The van der Waals surface area contributed by atoms with Crippen LogP contribution in [0.2, 0.25) is 0 Å². The average molecular weight is 260 g/mol. The van der Waals surface area contributed by atoms with Crippen molar-refractivity contribution in [3.63, 3.8) is 0 Å². The zero-order valence-corrected chi connectivity index (χ0v) is 12.6. The molecule has 0 bridgehead atoms. The van der Waals surface area contributed by atoms with Gasteiger partial charge in [0.05, 0.1) is 5.54 Å². The molecule has 0 aromatic heterocycles. The van der Waals surface area contributed by atoms with E-state index >= 15 is 0 Å². The first kappa shape index (κ1) is 15.4. The van der Waals surface area contributed by atoms with E-state index in [2.05, 4.69) is 61.7 Å². The predicted molar refractivity (Wildman–Crippen MR) is 81.6 cm³/mol. The Labute approximate surface area is 116 Å². The van der Waals surface area contributed by atoms with E-state index in [9.17, 15) is 0 Å². The lowest BCUT2D eigenvalue weighted by atomic mass is 9.91. The maximum Gasteiger partial charge on any atom is 0.135 e. The highest BCUT2D eigenvalue weighted by molar-refractivity contribution is 6.06. The summed E-state index contributed by atoms with van der Waals surface area (Å²) in [4.78, 5) is 7.44. The molecular formula is C16H24N2O. The molecule has 19 heavy (non-hydrogen) atoms. The Morgan fingerprint density at radius 2 is 1.89 bits per heavy atom. The number of likely N-dealkylation sites (N-methyl/N-ethyl adjacent to an activating group) is 1. The van der Waals surface area contributed by atoms with Crippen molar-refractivity contribution in [1.29, 1.82) is 0 Å². The van der Waals surface area contributed by atoms with Crippen LogP contribution in [0.5, 0.6) is 0 Å². The first-order valence-electron chi connectivity index (χ1n) is 6.45. The van der Waals surface area contributed by atoms with Crippen molar-refractivity contribution in [2.75, 3.05) is 20.7 Å². The number of hydrogen-bond donors (Lipinski definition) is 0. The molecule has 0 spiro atoms. The lowest BCUT2D eigenvalue weighted by molar-refractivity contribution is 0.166. The molecule has 0 atom stereocenters. The summed E-state index contributed by atoms with van der Waals surface area (Å²) in [6, 6.07) is 8.33. The van der Waals surface area contributed by atoms with Crippen molar-refractivity contribution in [3.8, 4) is 0 Å². The van der Waals surface area contributed by atoms with Gasteiger partial charge in [-0.25, -0.2) is 0 Å². The minimum absolute atomic E-state index is 0.212. The van der Waals surface area contributed by atoms with Gasteiger partial charge in [0.1, 0.15) is 12.3 Å². The van der Waals surface area contributed by atoms with Crippen molar-refractivity contribution in [2.24, 2.45) is 5.16 Å². The summed E-state index contributed by atoms with van der Waals surface area (Å²) in [6.45, 7) is 10.4. The maximum atomic E-state index is 5.31. The molecule has 0 radical (unpaired) electrons. The zero-order valence-electron chi connectivity index (χ0n) is 12.6. The van der Waals surface area contributed by atoms with E-state index in [1.165, 1.54) is 5.56 Å². The lowest BCUT2D eigenvalue weighted by Crippen LogP contribution is -2.46. The lowest BCUT2D eigenvalue weighted by Gasteiger charge is -2.33. The SMILES string of the molecule is C=CCO/N=C(\c1ccc(C)cc1)C(C)(C)N(C)C. The Bertz CT molecular complexity index is 444. The monoisotopic (exact) mass is 260 g/mol. The predicted octanol–water partition coefficient (Wildman–Crippen LogP) is 3.24. The molecule has 1 aromatic rings. The molecular weight excluding hydrogens is 236 g/mol. The Balaban J connectivity index is 3.15. The van der Waals surface area contributed by atoms with Gasteiger partial charge in [0.15, 0.2) is 0 Å². The van der Waals surface area contributed by atoms with Crippen molar-refractivity contribution < 1.29 is 4.84 Å². The van der Waals surface area contributed by atoms with Gasteiger partial charge < -0.3 is 4.84 Å². The number of oxime groups is 1. The van der Waals surface area contributed by atoms with E-state index in [1.54, 1.807) is 6.08 Å². The van der Waals surface area contributed by atoms with Crippen LogP contribution in [0.1, 0.15) is 25.0 Å². The topological polar surface area (TPSA) is 24.8 Å². The molecule has 0 fully saturated rings. The molecule has 0 unspecified atom stereocenters. The second-order valence-electron chi connectivity index (χ2n) is 5.34. The van der Waals surface area contributed by atoms with Crippen LogP contribution in [-0.4, -0.2) is 36.9 Å². The van der Waals surface area contributed by atoms with Gasteiger partial charge in [-0.2, -0.15) is 0 Å². The first-order chi connectivity index (χ1) is 8.89. The van der Waals surface area contributed by atoms with Gasteiger partial charge in [0.2, 0.25) is 0 Å². The Kier molecular flexibility index (Phi) is 5.31. The Morgan fingerprint density at radius 1 is 1.32 bits per heavy atom. The van der Waals surface area contributed by atoms with E-state index in [4.69, 9.17) is 4.84 Å². The molecule has 0 aliphatic heterocycles. The number of benzene rings is 1. The molecule has 1 rings (SSSR count). The third kappa shape index (κ3) is 3.93. The fourth-order valence-corrected chi connectivity index (χ4v) is 1.60. The van der Waals surface area contributed by atoms with Crippen LogP contribution < -0.4 is 0 Å². The van der Waals surface area contributed by atoms with Crippen molar-refractivity contribution in [1.82, 2.24) is 4.90 Å². The van der Waals surface area contributed by atoms with Crippen LogP contribution in [-0.2, 0) is 4.84 Å². The number of nitrogens with zero attached hydrogens (tertiary/aromatic N) is 2. The Hall–Kier alpha value is -1.61. The van der Waals surface area contributed by atoms with Gasteiger partial charge in [-0.05, 0) is 34.9 Å². The van der Waals surface area contributed by atoms with Gasteiger partial charge in [0, 0.05) is 5.56 Å². The number of hydrogen-bond acceptors (Lipinski definition) is 3. The minimum atomic E-state index is -0.212. The van der Waals surface area contributed by atoms with E-state index in [0.717, 1.165) is 11.3 Å². The maximum absolute atomic E-state index is 5.31. The molecule has 0 saturated heterocycles. The third-order valence-corrected chi connectivity index (χ3v) is 3.37. The van der Waals surface area contributed by atoms with Gasteiger partial charge in [0.25, 0.3) is 0 Å². The molecule has 0 heterocycles. The zero-order chi connectivity index (χ0) is 14.5. The molecule has 0 aliphatic rings. The largest absolute Gasteiger partial charge is 0.391 e. The molecule has 0 N–H and O–H groups in total. The van der Waals surface area contributed by atoms with Gasteiger partial charge >= 0.3 is 0 Å². The molecule has 0 saturated carbocycles. The fraction of sp³-hybridized carbons (Fsp3) is 0.438. The normalized spacial score (nSPS) is 12.6. The van der Waals surface area contributed by atoms with Crippen molar-refractivity contribution >= 4 is 5.71 Å². The summed E-state index contributed by atoms with van der Waals surface area (Å²) in [5.74, 6) is 0. The molecule has 0 amide bonds. The molecule has 3 nitrogen and oxygen atoms in total. The fourth-order valence-electron chi connectivity index (χ4n) is 1.60. The highest BCUT2D eigenvalue weighted by Crippen LogP contribution is 2.20. The summed E-state index contributed by atoms with van der Waals surface area (Å²) in [5.41, 5.74) is 3.02. The Morgan fingerprint density at radius 3 is 2.37 bits per heavy atom. The second kappa shape index (κ2) is 6.53. The summed E-state index contributed by atoms with van der Waals surface area (Å²) < 4.78 is 0. The molecule has 3 heteroatoms. The van der Waals surface area contributed by atoms with Crippen LogP contribution in [0.4, 0.5) is 0 Å². The van der Waals surface area contributed by atoms with E-state index in [0.29, 0.717) is 6.61 Å². The summed E-state index contributed by atoms with van der Waals surface area (Å²) >= 11 is 0. The van der Waals surface area contributed by atoms with Crippen LogP contribution >= 0.6 is 0 Å². The standard InChI is InChI=1S/C16H24N2O/c1-7-12-19-17-15(16(3,4)18(5)6)14-10-8-13(2)9-11-14/h7-11H,1,12H2,2-6H3/b17-15+. The summed E-state index contributed by atoms with van der Waals surface area (Å²) in [7, 11) is 4.08. The van der Waals surface area contributed by atoms with Crippen LogP contribution in [0, 0.1) is 6.92 Å². The van der Waals surface area contributed by atoms with Gasteiger partial charge in [-0.15, -0.1) is 0 Å². The van der Waals surface area contributed by atoms with Crippen LogP contribution in [0.15, 0.2) is 42.1 Å². The quantitative estimate of drug-likeness (QED) is 0.339. The van der Waals surface area contributed by atoms with Crippen molar-refractivity contribution in [3.05, 3.63) is 48.0 Å². The van der Waals surface area contributed by atoms with Crippen LogP contribution in [0.3, 0.4) is 0 Å². The smallest absolute Gasteiger partial charge is 0.135 e. The minimum Gasteiger partial charge on any atom is -0.391 e. The summed E-state index contributed by atoms with van der Waals surface area (Å²) in [5, 5.41) is 4.31. The first-order valence-corrected chi connectivity index (χ1v) is 6.45. The number of rotatable bonds is 6. The molecule has 104 valence electrons. The summed E-state index contributed by atoms with van der Waals surface area (Å²) in [6.07, 6.45) is 1.69. The van der Waals surface area contributed by atoms with E-state index < -0.39 is 0 Å². The average Bonchev–Trinajstić information content (AvgIpc) is 2.36. The highest BCUT2D eigenvalue weighted by Gasteiger charge is 2.29. The second-order valence-corrected chi connectivity index (χ2v) is 5.34. The highest BCUT2D eigenvalue weighted by atomic mass is 16.6. The molecule has 1 aromatic carbocycles. The third-order valence-electron chi connectivity index (χ3n) is 3.37. The van der Waals surface area contributed by atoms with E-state index in [-0.39, 0.29) is 5.54 Å². The van der Waals surface area contributed by atoms with Gasteiger partial charge in [-0.3, -0.25) is 4.90 Å². The number of aryl methyl sites for hydroxylation is 1.